The summed E-state index contributed by atoms with van der Waals surface area (Å²) in [5.41, 5.74) is 1.63. The molecule has 0 aliphatic rings. The van der Waals surface area contributed by atoms with E-state index in [9.17, 15) is 10.0 Å². The molecule has 5 nitrogen and oxygen atoms in total. The van der Waals surface area contributed by atoms with Crippen LogP contribution in [0.3, 0.4) is 0 Å². The second-order valence-corrected chi connectivity index (χ2v) is 5.09. The predicted octanol–water partition coefficient (Wildman–Crippen LogP) is 2.18. The van der Waals surface area contributed by atoms with Gasteiger partial charge in [0.25, 0.3) is 0 Å². The average molecular weight is 305 g/mol. The van der Waals surface area contributed by atoms with E-state index in [-0.39, 0.29) is 0 Å². The molecule has 114 valence electrons. The highest BCUT2D eigenvalue weighted by atomic mass is 16.5. The van der Waals surface area contributed by atoms with Crippen molar-refractivity contribution in [3.63, 3.8) is 0 Å². The molecule has 3 aromatic rings. The summed E-state index contributed by atoms with van der Waals surface area (Å²) in [5.74, 6) is -0.602. The number of hydrogen-bond donors (Lipinski definition) is 1. The number of fused-ring (bicyclic) bond motifs is 1. The Balaban J connectivity index is 1.93. The lowest BCUT2D eigenvalue weighted by molar-refractivity contribution is -0.764. The average Bonchev–Trinajstić information content (AvgIpc) is 2.61. The Labute approximate surface area is 133 Å². The molecule has 1 heterocycles. The first-order valence-corrected chi connectivity index (χ1v) is 7.19. The second kappa shape index (κ2) is 6.48. The van der Waals surface area contributed by atoms with Crippen LogP contribution in [0.2, 0.25) is 0 Å². The number of rotatable bonds is 3. The van der Waals surface area contributed by atoms with Crippen LogP contribution >= 0.6 is 0 Å². The van der Waals surface area contributed by atoms with Crippen LogP contribution < -0.4 is 5.17 Å². The summed E-state index contributed by atoms with van der Waals surface area (Å²) in [6.45, 7) is 1.70. The van der Waals surface area contributed by atoms with Gasteiger partial charge in [0, 0.05) is 18.0 Å². The van der Waals surface area contributed by atoms with E-state index in [0.717, 1.165) is 16.3 Å². The lowest BCUT2D eigenvalue weighted by Gasteiger charge is -2.14. The minimum absolute atomic E-state index is 0.374. The zero-order valence-electron chi connectivity index (χ0n) is 12.6. The number of benzene rings is 2. The first kappa shape index (κ1) is 15.0. The Hall–Kier alpha value is -2.89. The van der Waals surface area contributed by atoms with E-state index in [4.69, 9.17) is 0 Å². The van der Waals surface area contributed by atoms with Gasteiger partial charge in [0.15, 0.2) is 0 Å². The topological polar surface area (TPSA) is 69.8 Å². The molecular weight excluding hydrogens is 290 g/mol. The standard InChI is InChI=1S/C18H15N3O2/c1-13(14-9-11-19-12-10-14)20-21(23)18(22)17-8-4-6-15-5-2-3-7-16(15)17/h2-12,21H,1H3. The van der Waals surface area contributed by atoms with Crippen molar-refractivity contribution in [2.75, 3.05) is 0 Å². The van der Waals surface area contributed by atoms with Crippen LogP contribution in [0, 0.1) is 5.21 Å². The van der Waals surface area contributed by atoms with Crippen LogP contribution in [-0.2, 0) is 0 Å². The van der Waals surface area contributed by atoms with E-state index in [1.165, 1.54) is 0 Å². The van der Waals surface area contributed by atoms with Gasteiger partial charge in [-0.3, -0.25) is 4.98 Å². The van der Waals surface area contributed by atoms with E-state index >= 15 is 0 Å². The van der Waals surface area contributed by atoms with Gasteiger partial charge in [-0.05, 0) is 35.9 Å². The highest BCUT2D eigenvalue weighted by Gasteiger charge is 2.17. The number of aromatic nitrogens is 1. The molecular formula is C18H15N3O2. The number of quaternary nitrogens is 1. The quantitative estimate of drug-likeness (QED) is 0.595. The molecule has 3 rings (SSSR count). The Morgan fingerprint density at radius 2 is 1.74 bits per heavy atom. The van der Waals surface area contributed by atoms with Gasteiger partial charge in [-0.15, -0.1) is 0 Å². The summed E-state index contributed by atoms with van der Waals surface area (Å²) in [6.07, 6.45) is 3.23. The predicted molar refractivity (Wildman–Crippen MR) is 89.1 cm³/mol. The lowest BCUT2D eigenvalue weighted by atomic mass is 10.0. The van der Waals surface area contributed by atoms with Crippen molar-refractivity contribution in [1.29, 1.82) is 0 Å². The van der Waals surface area contributed by atoms with Crippen LogP contribution in [0.25, 0.3) is 10.8 Å². The molecule has 0 saturated carbocycles. The number of carbonyl (C=O) groups excluding carboxylic acids is 1. The van der Waals surface area contributed by atoms with Gasteiger partial charge in [0.05, 0.1) is 5.56 Å². The number of hydroxylamine groups is 1. The van der Waals surface area contributed by atoms with Crippen molar-refractivity contribution >= 4 is 22.4 Å². The van der Waals surface area contributed by atoms with Crippen molar-refractivity contribution in [2.24, 2.45) is 5.10 Å². The lowest BCUT2D eigenvalue weighted by Crippen LogP contribution is -3.05. The SMILES string of the molecule is CC(=N[NH+]([O-])C(=O)c1cccc2ccccc12)c1ccncc1. The third-order valence-electron chi connectivity index (χ3n) is 3.60. The number of carbonyl (C=O) groups is 1. The summed E-state index contributed by atoms with van der Waals surface area (Å²) < 4.78 is 0. The molecule has 0 fully saturated rings. The minimum Gasteiger partial charge on any atom is -0.598 e. The number of nitrogens with one attached hydrogen (secondary N) is 1. The minimum atomic E-state index is -0.768. The third-order valence-corrected chi connectivity index (χ3v) is 3.60. The Bertz CT molecular complexity index is 870. The van der Waals surface area contributed by atoms with Crippen molar-refractivity contribution < 1.29 is 9.97 Å². The molecule has 0 bridgehead atoms. The maximum absolute atomic E-state index is 12.5. The van der Waals surface area contributed by atoms with Gasteiger partial charge >= 0.3 is 5.91 Å². The normalized spacial score (nSPS) is 13.0. The van der Waals surface area contributed by atoms with Crippen molar-refractivity contribution in [2.45, 2.75) is 6.92 Å². The highest BCUT2D eigenvalue weighted by molar-refractivity contribution is 6.04. The largest absolute Gasteiger partial charge is 0.598 e. The van der Waals surface area contributed by atoms with Gasteiger partial charge in [-0.2, -0.15) is 5.17 Å². The van der Waals surface area contributed by atoms with Crippen molar-refractivity contribution in [3.05, 3.63) is 83.3 Å². The van der Waals surface area contributed by atoms with Crippen molar-refractivity contribution in [1.82, 2.24) is 4.98 Å². The molecule has 2 aromatic carbocycles. The summed E-state index contributed by atoms with van der Waals surface area (Å²) in [7, 11) is 0. The number of hydrogen-bond acceptors (Lipinski definition) is 4. The molecule has 23 heavy (non-hydrogen) atoms. The monoisotopic (exact) mass is 305 g/mol. The van der Waals surface area contributed by atoms with Gasteiger partial charge in [-0.25, -0.2) is 4.79 Å². The number of pyridine rings is 1. The molecule has 1 unspecified atom stereocenters. The van der Waals surface area contributed by atoms with Crippen LogP contribution in [0.4, 0.5) is 0 Å². The molecule has 0 aliphatic carbocycles. The maximum Gasteiger partial charge on any atom is 0.371 e. The Morgan fingerprint density at radius 1 is 1.04 bits per heavy atom. The fourth-order valence-electron chi connectivity index (χ4n) is 2.40. The van der Waals surface area contributed by atoms with Gasteiger partial charge in [-0.1, -0.05) is 41.5 Å². The molecule has 1 aromatic heterocycles. The zero-order valence-corrected chi connectivity index (χ0v) is 12.6. The van der Waals surface area contributed by atoms with Crippen LogP contribution in [0.15, 0.2) is 72.1 Å². The van der Waals surface area contributed by atoms with E-state index in [0.29, 0.717) is 11.3 Å². The molecule has 0 spiro atoms. The number of amides is 1. The molecule has 0 aliphatic heterocycles. The summed E-state index contributed by atoms with van der Waals surface area (Å²) in [4.78, 5) is 16.4. The summed E-state index contributed by atoms with van der Waals surface area (Å²) >= 11 is 0. The van der Waals surface area contributed by atoms with Gasteiger partial charge < -0.3 is 5.21 Å². The molecule has 0 radical (unpaired) electrons. The van der Waals surface area contributed by atoms with Crippen LogP contribution in [0.5, 0.6) is 0 Å². The van der Waals surface area contributed by atoms with E-state index in [1.54, 1.807) is 43.6 Å². The van der Waals surface area contributed by atoms with E-state index in [2.05, 4.69) is 10.1 Å². The first-order valence-electron chi connectivity index (χ1n) is 7.19. The summed E-state index contributed by atoms with van der Waals surface area (Å²) in [6, 6.07) is 16.3. The third kappa shape index (κ3) is 3.15. The van der Waals surface area contributed by atoms with Gasteiger partial charge in [0.1, 0.15) is 5.71 Å². The zero-order chi connectivity index (χ0) is 16.2. The summed E-state index contributed by atoms with van der Waals surface area (Å²) in [5, 5.41) is 17.1. The molecule has 1 N–H and O–H groups in total. The number of nitrogens with zero attached hydrogens (tertiary/aromatic N) is 2. The molecule has 0 saturated heterocycles. The van der Waals surface area contributed by atoms with Crippen LogP contribution in [0.1, 0.15) is 22.8 Å². The van der Waals surface area contributed by atoms with Crippen LogP contribution in [-0.4, -0.2) is 16.6 Å². The van der Waals surface area contributed by atoms with E-state index < -0.39 is 11.1 Å². The van der Waals surface area contributed by atoms with Crippen molar-refractivity contribution in [3.8, 4) is 0 Å². The molecule has 5 heteroatoms. The molecule has 1 atom stereocenters. The smallest absolute Gasteiger partial charge is 0.371 e. The Kier molecular flexibility index (Phi) is 4.23. The molecule has 1 amide bonds. The first-order chi connectivity index (χ1) is 11.2. The van der Waals surface area contributed by atoms with E-state index in [1.807, 2.05) is 30.3 Å². The highest BCUT2D eigenvalue weighted by Crippen LogP contribution is 2.17. The maximum atomic E-state index is 12.5. The second-order valence-electron chi connectivity index (χ2n) is 5.09. The van der Waals surface area contributed by atoms with Gasteiger partial charge in [0.2, 0.25) is 0 Å². The fourth-order valence-corrected chi connectivity index (χ4v) is 2.40. The fraction of sp³-hybridized carbons (Fsp3) is 0.0556. The Morgan fingerprint density at radius 3 is 2.52 bits per heavy atom.